The van der Waals surface area contributed by atoms with E-state index in [0.29, 0.717) is 5.69 Å². The van der Waals surface area contributed by atoms with Gasteiger partial charge >= 0.3 is 0 Å². The Hall–Kier alpha value is -1.92. The van der Waals surface area contributed by atoms with Gasteiger partial charge in [0.1, 0.15) is 5.82 Å². The van der Waals surface area contributed by atoms with Crippen LogP contribution in [0.25, 0.3) is 0 Å². The molecule has 1 saturated carbocycles. The van der Waals surface area contributed by atoms with Crippen molar-refractivity contribution in [2.75, 3.05) is 6.61 Å². The zero-order valence-corrected chi connectivity index (χ0v) is 12.3. The van der Waals surface area contributed by atoms with Crippen LogP contribution in [0.2, 0.25) is 5.02 Å². The normalized spacial score (nSPS) is 15.6. The number of rotatable bonds is 5. The highest BCUT2D eigenvalue weighted by molar-refractivity contribution is 6.30. The number of oxazole rings is 1. The van der Waals surface area contributed by atoms with Crippen molar-refractivity contribution in [3.63, 3.8) is 0 Å². The Kier molecular flexibility index (Phi) is 4.13. The first-order valence-electron chi connectivity index (χ1n) is 6.90. The van der Waals surface area contributed by atoms with Gasteiger partial charge in [-0.3, -0.25) is 4.79 Å². The summed E-state index contributed by atoms with van der Waals surface area (Å²) in [6.45, 7) is -0.462. The molecule has 0 bridgehead atoms. The molecule has 1 fully saturated rings. The third-order valence-corrected chi connectivity index (χ3v) is 3.90. The summed E-state index contributed by atoms with van der Waals surface area (Å²) in [5.41, 5.74) is 0.733. The molecule has 1 heterocycles. The fraction of sp³-hybridized carbons (Fsp3) is 0.333. The largest absolute Gasteiger partial charge is 0.438 e. The van der Waals surface area contributed by atoms with E-state index in [1.54, 1.807) is 6.07 Å². The second-order valence-corrected chi connectivity index (χ2v) is 5.60. The molecule has 0 saturated heterocycles. The molecule has 1 amide bonds. The van der Waals surface area contributed by atoms with Gasteiger partial charge in [-0.25, -0.2) is 9.37 Å². The summed E-state index contributed by atoms with van der Waals surface area (Å²) in [5.74, 6) is -0.834. The fourth-order valence-corrected chi connectivity index (χ4v) is 2.49. The van der Waals surface area contributed by atoms with Crippen molar-refractivity contribution in [2.24, 2.45) is 0 Å². The van der Waals surface area contributed by atoms with Crippen LogP contribution in [0.3, 0.4) is 0 Å². The van der Waals surface area contributed by atoms with Gasteiger partial charge in [0.15, 0.2) is 6.39 Å². The van der Waals surface area contributed by atoms with E-state index >= 15 is 0 Å². The van der Waals surface area contributed by atoms with E-state index in [4.69, 9.17) is 16.0 Å². The summed E-state index contributed by atoms with van der Waals surface area (Å²) in [6, 6.07) is 3.51. The maximum absolute atomic E-state index is 14.0. The molecule has 0 radical (unpaired) electrons. The predicted octanol–water partition coefficient (Wildman–Crippen LogP) is 2.81. The van der Waals surface area contributed by atoms with Crippen LogP contribution >= 0.6 is 11.6 Å². The number of nitrogens with one attached hydrogen (secondary N) is 1. The van der Waals surface area contributed by atoms with Crippen LogP contribution in [-0.4, -0.2) is 22.6 Å². The standard InChI is InChI=1S/C15H14ClFN2O3/c16-10-3-1-2-9(12(10)17)11(6-20)19-15(21)14-13(8-4-5-8)18-7-22-14/h1-3,7-8,11,20H,4-6H2,(H,19,21). The number of hydrogen-bond donors (Lipinski definition) is 2. The molecule has 3 rings (SSSR count). The van der Waals surface area contributed by atoms with E-state index < -0.39 is 24.4 Å². The topological polar surface area (TPSA) is 75.4 Å². The number of nitrogens with zero attached hydrogens (tertiary/aromatic N) is 1. The number of carbonyl (C=O) groups excluding carboxylic acids is 1. The lowest BCUT2D eigenvalue weighted by Gasteiger charge is -2.17. The Morgan fingerprint density at radius 2 is 2.32 bits per heavy atom. The molecule has 0 aliphatic heterocycles. The van der Waals surface area contributed by atoms with Crippen molar-refractivity contribution in [1.29, 1.82) is 0 Å². The van der Waals surface area contributed by atoms with Crippen LogP contribution < -0.4 is 5.32 Å². The molecule has 1 atom stereocenters. The molecular weight excluding hydrogens is 311 g/mol. The first-order valence-corrected chi connectivity index (χ1v) is 7.28. The molecule has 116 valence electrons. The predicted molar refractivity (Wildman–Crippen MR) is 77.2 cm³/mol. The van der Waals surface area contributed by atoms with E-state index in [2.05, 4.69) is 10.3 Å². The number of aliphatic hydroxyl groups excluding tert-OH is 1. The van der Waals surface area contributed by atoms with Crippen molar-refractivity contribution in [2.45, 2.75) is 24.8 Å². The number of hydrogen-bond acceptors (Lipinski definition) is 4. The van der Waals surface area contributed by atoms with Gasteiger partial charge in [-0.1, -0.05) is 23.7 Å². The quantitative estimate of drug-likeness (QED) is 0.886. The molecule has 22 heavy (non-hydrogen) atoms. The minimum atomic E-state index is -0.914. The van der Waals surface area contributed by atoms with E-state index in [9.17, 15) is 14.3 Å². The molecule has 1 unspecified atom stereocenters. The lowest BCUT2D eigenvalue weighted by atomic mass is 10.1. The van der Waals surface area contributed by atoms with Crippen LogP contribution in [0.15, 0.2) is 29.0 Å². The zero-order chi connectivity index (χ0) is 15.7. The maximum atomic E-state index is 14.0. The van der Waals surface area contributed by atoms with E-state index in [0.717, 1.165) is 12.8 Å². The van der Waals surface area contributed by atoms with Crippen LogP contribution in [0.1, 0.15) is 46.6 Å². The summed E-state index contributed by atoms with van der Waals surface area (Å²) in [7, 11) is 0. The Balaban J connectivity index is 1.81. The van der Waals surface area contributed by atoms with Gasteiger partial charge in [-0.05, 0) is 18.9 Å². The molecule has 1 aliphatic carbocycles. The Labute approximate surface area is 131 Å². The summed E-state index contributed by atoms with van der Waals surface area (Å²) in [6.07, 6.45) is 3.16. The van der Waals surface area contributed by atoms with Crippen molar-refractivity contribution < 1.29 is 18.7 Å². The second-order valence-electron chi connectivity index (χ2n) is 5.19. The highest BCUT2D eigenvalue weighted by Crippen LogP contribution is 2.40. The Bertz CT molecular complexity index is 700. The molecule has 2 aromatic rings. The number of halogens is 2. The molecule has 1 aromatic heterocycles. The number of carbonyl (C=O) groups is 1. The van der Waals surface area contributed by atoms with Gasteiger partial charge in [-0.15, -0.1) is 0 Å². The van der Waals surface area contributed by atoms with E-state index in [-0.39, 0.29) is 22.3 Å². The van der Waals surface area contributed by atoms with Crippen LogP contribution in [0.5, 0.6) is 0 Å². The smallest absolute Gasteiger partial charge is 0.289 e. The van der Waals surface area contributed by atoms with Gasteiger partial charge in [-0.2, -0.15) is 0 Å². The van der Waals surface area contributed by atoms with E-state index in [1.807, 2.05) is 0 Å². The second kappa shape index (κ2) is 6.06. The Morgan fingerprint density at radius 3 is 3.00 bits per heavy atom. The zero-order valence-electron chi connectivity index (χ0n) is 11.6. The third-order valence-electron chi connectivity index (χ3n) is 3.61. The average Bonchev–Trinajstić information content (AvgIpc) is 3.24. The van der Waals surface area contributed by atoms with Crippen molar-refractivity contribution in [3.8, 4) is 0 Å². The van der Waals surface area contributed by atoms with Crippen LogP contribution in [0.4, 0.5) is 4.39 Å². The lowest BCUT2D eigenvalue weighted by Crippen LogP contribution is -2.31. The van der Waals surface area contributed by atoms with Gasteiger partial charge in [0.2, 0.25) is 5.76 Å². The monoisotopic (exact) mass is 324 g/mol. The first-order chi connectivity index (χ1) is 10.6. The van der Waals surface area contributed by atoms with E-state index in [1.165, 1.54) is 18.5 Å². The summed E-state index contributed by atoms with van der Waals surface area (Å²) in [5, 5.41) is 12.0. The molecule has 5 nitrogen and oxygen atoms in total. The number of aliphatic hydroxyl groups is 1. The highest BCUT2D eigenvalue weighted by atomic mass is 35.5. The average molecular weight is 325 g/mol. The van der Waals surface area contributed by atoms with Gasteiger partial charge < -0.3 is 14.8 Å². The van der Waals surface area contributed by atoms with Crippen molar-refractivity contribution >= 4 is 17.5 Å². The van der Waals surface area contributed by atoms with Crippen LogP contribution in [0, 0.1) is 5.82 Å². The molecule has 1 aromatic carbocycles. The number of aromatic nitrogens is 1. The lowest BCUT2D eigenvalue weighted by molar-refractivity contribution is 0.0885. The van der Waals surface area contributed by atoms with Gasteiger partial charge in [0.05, 0.1) is 23.4 Å². The SMILES string of the molecule is O=C(NC(CO)c1cccc(Cl)c1F)c1ocnc1C1CC1. The minimum Gasteiger partial charge on any atom is -0.438 e. The molecule has 1 aliphatic rings. The van der Waals surface area contributed by atoms with Gasteiger partial charge in [0.25, 0.3) is 5.91 Å². The first kappa shape index (κ1) is 15.0. The van der Waals surface area contributed by atoms with Crippen molar-refractivity contribution in [1.82, 2.24) is 10.3 Å². The third kappa shape index (κ3) is 2.84. The van der Waals surface area contributed by atoms with Crippen molar-refractivity contribution in [3.05, 3.63) is 52.5 Å². The highest BCUT2D eigenvalue weighted by Gasteiger charge is 2.33. The summed E-state index contributed by atoms with van der Waals surface area (Å²) < 4.78 is 19.2. The summed E-state index contributed by atoms with van der Waals surface area (Å²) in [4.78, 5) is 16.3. The maximum Gasteiger partial charge on any atom is 0.289 e. The van der Waals surface area contributed by atoms with Gasteiger partial charge in [0, 0.05) is 11.5 Å². The minimum absolute atomic E-state index is 0.0662. The molecule has 7 heteroatoms. The fourth-order valence-electron chi connectivity index (χ4n) is 2.31. The summed E-state index contributed by atoms with van der Waals surface area (Å²) >= 11 is 5.73. The van der Waals surface area contributed by atoms with Crippen LogP contribution in [-0.2, 0) is 0 Å². The molecule has 2 N–H and O–H groups in total. The molecule has 0 spiro atoms. The Morgan fingerprint density at radius 1 is 1.55 bits per heavy atom. The molecular formula is C15H14ClFN2O3. The number of benzene rings is 1. The number of amides is 1.